The fourth-order valence-corrected chi connectivity index (χ4v) is 2.08. The lowest BCUT2D eigenvalue weighted by molar-refractivity contribution is 0.464. The molecule has 0 radical (unpaired) electrons. The third-order valence-corrected chi connectivity index (χ3v) is 3.11. The molecule has 0 aliphatic heterocycles. The zero-order valence-corrected chi connectivity index (χ0v) is 10.6. The Morgan fingerprint density at radius 1 is 0.889 bits per heavy atom. The number of benzene rings is 2. The largest absolute Gasteiger partial charge is 0.507 e. The monoisotopic (exact) mass is 242 g/mol. The second kappa shape index (κ2) is 5.58. The van der Waals surface area contributed by atoms with Gasteiger partial charge in [-0.2, -0.15) is 0 Å². The summed E-state index contributed by atoms with van der Waals surface area (Å²) in [6, 6.07) is 12.8. The first-order valence-corrected chi connectivity index (χ1v) is 6.33. The highest BCUT2D eigenvalue weighted by molar-refractivity contribution is 5.76. The number of aromatic hydroxyl groups is 2. The van der Waals surface area contributed by atoms with Gasteiger partial charge in [-0.05, 0) is 24.5 Å². The lowest BCUT2D eigenvalue weighted by atomic mass is 9.98. The molecule has 0 spiro atoms. The Labute approximate surface area is 108 Å². The van der Waals surface area contributed by atoms with E-state index in [1.807, 2.05) is 30.3 Å². The van der Waals surface area contributed by atoms with Crippen LogP contribution in [0.15, 0.2) is 42.5 Å². The molecule has 0 aliphatic rings. The van der Waals surface area contributed by atoms with Crippen LogP contribution in [0, 0.1) is 0 Å². The summed E-state index contributed by atoms with van der Waals surface area (Å²) in [6.07, 6.45) is 3.02. The molecule has 0 bridgehead atoms. The van der Waals surface area contributed by atoms with Gasteiger partial charge in [0.15, 0.2) is 0 Å². The summed E-state index contributed by atoms with van der Waals surface area (Å²) >= 11 is 0. The molecule has 0 saturated heterocycles. The van der Waals surface area contributed by atoms with Crippen molar-refractivity contribution >= 4 is 0 Å². The number of hydrogen-bond acceptors (Lipinski definition) is 2. The lowest BCUT2D eigenvalue weighted by Gasteiger charge is -2.10. The van der Waals surface area contributed by atoms with E-state index >= 15 is 0 Å². The van der Waals surface area contributed by atoms with Crippen molar-refractivity contribution in [2.45, 2.75) is 26.2 Å². The van der Waals surface area contributed by atoms with E-state index in [4.69, 9.17) is 0 Å². The summed E-state index contributed by atoms with van der Waals surface area (Å²) < 4.78 is 0. The molecule has 0 aliphatic carbocycles. The summed E-state index contributed by atoms with van der Waals surface area (Å²) in [5.41, 5.74) is 2.31. The van der Waals surface area contributed by atoms with Crippen molar-refractivity contribution in [3.8, 4) is 22.6 Å². The minimum atomic E-state index is 0.195. The molecule has 2 N–H and O–H groups in total. The van der Waals surface area contributed by atoms with Gasteiger partial charge in [0.25, 0.3) is 0 Å². The SMILES string of the molecule is CCCCc1cccc(-c2ccccc2O)c1O. The topological polar surface area (TPSA) is 40.5 Å². The molecule has 18 heavy (non-hydrogen) atoms. The molecule has 0 amide bonds. The van der Waals surface area contributed by atoms with Gasteiger partial charge in [-0.1, -0.05) is 49.7 Å². The maximum Gasteiger partial charge on any atom is 0.126 e. The van der Waals surface area contributed by atoms with Gasteiger partial charge in [-0.3, -0.25) is 0 Å². The van der Waals surface area contributed by atoms with Crippen molar-refractivity contribution in [1.29, 1.82) is 0 Å². The molecule has 0 atom stereocenters. The van der Waals surface area contributed by atoms with Crippen molar-refractivity contribution in [1.82, 2.24) is 0 Å². The van der Waals surface area contributed by atoms with E-state index < -0.39 is 0 Å². The van der Waals surface area contributed by atoms with E-state index in [0.29, 0.717) is 11.1 Å². The standard InChI is InChI=1S/C16H18O2/c1-2-3-7-12-8-6-10-14(16(12)18)13-9-4-5-11-15(13)17/h4-6,8-11,17-18H,2-3,7H2,1H3. The first kappa shape index (κ1) is 12.5. The third kappa shape index (κ3) is 2.48. The molecule has 0 saturated carbocycles. The van der Waals surface area contributed by atoms with E-state index in [9.17, 15) is 10.2 Å². The zero-order valence-electron chi connectivity index (χ0n) is 10.6. The van der Waals surface area contributed by atoms with Crippen LogP contribution in [0.3, 0.4) is 0 Å². The summed E-state index contributed by atoms with van der Waals surface area (Å²) in [4.78, 5) is 0. The molecule has 0 aromatic heterocycles. The normalized spacial score (nSPS) is 10.5. The number of rotatable bonds is 4. The molecular formula is C16H18O2. The predicted octanol–water partition coefficient (Wildman–Crippen LogP) is 4.11. The van der Waals surface area contributed by atoms with Crippen LogP contribution in [-0.2, 0) is 6.42 Å². The second-order valence-corrected chi connectivity index (χ2v) is 4.43. The average molecular weight is 242 g/mol. The lowest BCUT2D eigenvalue weighted by Crippen LogP contribution is -1.88. The third-order valence-electron chi connectivity index (χ3n) is 3.11. The Morgan fingerprint density at radius 3 is 2.33 bits per heavy atom. The summed E-state index contributed by atoms with van der Waals surface area (Å²) in [7, 11) is 0. The van der Waals surface area contributed by atoms with Gasteiger partial charge in [0.2, 0.25) is 0 Å². The highest BCUT2D eigenvalue weighted by atomic mass is 16.3. The van der Waals surface area contributed by atoms with Crippen LogP contribution in [-0.4, -0.2) is 10.2 Å². The number of phenols is 2. The van der Waals surface area contributed by atoms with Gasteiger partial charge in [0.05, 0.1) is 0 Å². The fourth-order valence-electron chi connectivity index (χ4n) is 2.08. The molecule has 0 fully saturated rings. The van der Waals surface area contributed by atoms with Crippen LogP contribution in [0.4, 0.5) is 0 Å². The molecule has 2 aromatic carbocycles. The van der Waals surface area contributed by atoms with E-state index in [-0.39, 0.29) is 11.5 Å². The maximum absolute atomic E-state index is 10.3. The van der Waals surface area contributed by atoms with Crippen molar-refractivity contribution < 1.29 is 10.2 Å². The highest BCUT2D eigenvalue weighted by Crippen LogP contribution is 2.37. The number of unbranched alkanes of at least 4 members (excludes halogenated alkanes) is 1. The maximum atomic E-state index is 10.3. The first-order chi connectivity index (χ1) is 8.74. The van der Waals surface area contributed by atoms with Gasteiger partial charge in [0.1, 0.15) is 11.5 Å². The second-order valence-electron chi connectivity index (χ2n) is 4.43. The molecule has 2 aromatic rings. The van der Waals surface area contributed by atoms with E-state index in [2.05, 4.69) is 6.92 Å². The van der Waals surface area contributed by atoms with E-state index in [1.165, 1.54) is 0 Å². The van der Waals surface area contributed by atoms with Crippen LogP contribution < -0.4 is 0 Å². The van der Waals surface area contributed by atoms with Gasteiger partial charge in [0, 0.05) is 11.1 Å². The minimum Gasteiger partial charge on any atom is -0.507 e. The average Bonchev–Trinajstić information content (AvgIpc) is 2.39. The number of aryl methyl sites for hydroxylation is 1. The Hall–Kier alpha value is -1.96. The van der Waals surface area contributed by atoms with Crippen molar-refractivity contribution in [3.05, 3.63) is 48.0 Å². The first-order valence-electron chi connectivity index (χ1n) is 6.33. The Balaban J connectivity index is 2.43. The van der Waals surface area contributed by atoms with Crippen LogP contribution in [0.25, 0.3) is 11.1 Å². The van der Waals surface area contributed by atoms with Crippen molar-refractivity contribution in [3.63, 3.8) is 0 Å². The Kier molecular flexibility index (Phi) is 3.88. The van der Waals surface area contributed by atoms with Crippen LogP contribution >= 0.6 is 0 Å². The van der Waals surface area contributed by atoms with Crippen LogP contribution in [0.1, 0.15) is 25.3 Å². The molecule has 2 nitrogen and oxygen atoms in total. The molecule has 2 rings (SSSR count). The predicted molar refractivity (Wildman–Crippen MR) is 73.8 cm³/mol. The number of phenolic OH excluding ortho intramolecular Hbond substituents is 2. The van der Waals surface area contributed by atoms with Crippen molar-refractivity contribution in [2.75, 3.05) is 0 Å². The Bertz CT molecular complexity index is 532. The Morgan fingerprint density at radius 2 is 1.61 bits per heavy atom. The van der Waals surface area contributed by atoms with Crippen LogP contribution in [0.2, 0.25) is 0 Å². The smallest absolute Gasteiger partial charge is 0.126 e. The highest BCUT2D eigenvalue weighted by Gasteiger charge is 2.11. The van der Waals surface area contributed by atoms with Gasteiger partial charge >= 0.3 is 0 Å². The summed E-state index contributed by atoms with van der Waals surface area (Å²) in [5.74, 6) is 0.480. The molecule has 2 heteroatoms. The van der Waals surface area contributed by atoms with Gasteiger partial charge in [-0.15, -0.1) is 0 Å². The van der Waals surface area contributed by atoms with E-state index in [1.54, 1.807) is 12.1 Å². The molecular weight excluding hydrogens is 224 g/mol. The van der Waals surface area contributed by atoms with Gasteiger partial charge in [-0.25, -0.2) is 0 Å². The zero-order chi connectivity index (χ0) is 13.0. The van der Waals surface area contributed by atoms with Crippen molar-refractivity contribution in [2.24, 2.45) is 0 Å². The fraction of sp³-hybridized carbons (Fsp3) is 0.250. The number of para-hydroxylation sites is 2. The molecule has 0 unspecified atom stereocenters. The minimum absolute atomic E-state index is 0.195. The summed E-state index contributed by atoms with van der Waals surface area (Å²) in [5, 5.41) is 20.1. The molecule has 94 valence electrons. The van der Waals surface area contributed by atoms with E-state index in [0.717, 1.165) is 24.8 Å². The molecule has 0 heterocycles. The quantitative estimate of drug-likeness (QED) is 0.847. The van der Waals surface area contributed by atoms with Gasteiger partial charge < -0.3 is 10.2 Å². The number of hydrogen-bond donors (Lipinski definition) is 2. The summed E-state index contributed by atoms with van der Waals surface area (Å²) in [6.45, 7) is 2.13. The van der Waals surface area contributed by atoms with Crippen LogP contribution in [0.5, 0.6) is 11.5 Å².